The minimum Gasteiger partial charge on any atom is -0.503 e. The highest BCUT2D eigenvalue weighted by Gasteiger charge is 2.47. The number of hydrogen-bond acceptors (Lipinski definition) is 6. The highest BCUT2D eigenvalue weighted by Crippen LogP contribution is 2.62. The number of nitrogens with zero attached hydrogens (tertiary/aromatic N) is 1. The van der Waals surface area contributed by atoms with Gasteiger partial charge in [0.25, 0.3) is 0 Å². The first-order valence-electron chi connectivity index (χ1n) is 19.3. The van der Waals surface area contributed by atoms with Crippen LogP contribution in [0.25, 0.3) is 33.4 Å². The van der Waals surface area contributed by atoms with E-state index in [4.69, 9.17) is 0 Å². The molecule has 6 heteroatoms. The lowest BCUT2D eigenvalue weighted by molar-refractivity contribution is 0.329. The average molecular weight is 758 g/mol. The van der Waals surface area contributed by atoms with E-state index >= 15 is 0 Å². The first kappa shape index (κ1) is 35.0. The molecule has 0 saturated heterocycles. The van der Waals surface area contributed by atoms with Gasteiger partial charge in [0, 0.05) is 16.7 Å². The third kappa shape index (κ3) is 4.72. The molecule has 5 N–H and O–H groups in total. The molecule has 282 valence electrons. The van der Waals surface area contributed by atoms with Crippen LogP contribution >= 0.6 is 0 Å². The normalized spacial score (nSPS) is 14.0. The van der Waals surface area contributed by atoms with E-state index in [1.807, 2.05) is 78.9 Å². The fourth-order valence-electron chi connectivity index (χ4n) is 9.81. The lowest BCUT2D eigenvalue weighted by Crippen LogP contribution is -2.28. The topological polar surface area (TPSA) is 104 Å². The van der Waals surface area contributed by atoms with Crippen LogP contribution in [0.15, 0.2) is 170 Å². The summed E-state index contributed by atoms with van der Waals surface area (Å²) in [6, 6.07) is 57.7. The summed E-state index contributed by atoms with van der Waals surface area (Å²) in [4.78, 5) is 1.66. The predicted molar refractivity (Wildman–Crippen MR) is 230 cm³/mol. The maximum atomic E-state index is 11.8. The van der Waals surface area contributed by atoms with Gasteiger partial charge in [-0.2, -0.15) is 0 Å². The monoisotopic (exact) mass is 757 g/mol. The molecule has 0 saturated carbocycles. The van der Waals surface area contributed by atoms with Crippen molar-refractivity contribution in [3.8, 4) is 62.1 Å². The van der Waals surface area contributed by atoms with Crippen molar-refractivity contribution in [2.24, 2.45) is 0 Å². The number of benzene rings is 8. The zero-order valence-electron chi connectivity index (χ0n) is 31.8. The number of phenols is 5. The van der Waals surface area contributed by atoms with E-state index in [9.17, 15) is 25.5 Å². The van der Waals surface area contributed by atoms with Gasteiger partial charge < -0.3 is 30.4 Å². The summed E-state index contributed by atoms with van der Waals surface area (Å²) in [5, 5.41) is 56.3. The summed E-state index contributed by atoms with van der Waals surface area (Å²) in [7, 11) is 0. The molecule has 0 spiro atoms. The van der Waals surface area contributed by atoms with Crippen molar-refractivity contribution in [3.63, 3.8) is 0 Å². The summed E-state index contributed by atoms with van der Waals surface area (Å²) in [6.07, 6.45) is 0. The first-order valence-corrected chi connectivity index (χ1v) is 19.3. The Hall–Kier alpha value is -7.44. The molecule has 10 rings (SSSR count). The Balaban J connectivity index is 1.30. The highest BCUT2D eigenvalue weighted by atomic mass is 16.4. The summed E-state index contributed by atoms with van der Waals surface area (Å²) in [5.41, 5.74) is 12.3. The molecule has 8 aromatic rings. The third-order valence-electron chi connectivity index (χ3n) is 12.3. The summed E-state index contributed by atoms with van der Waals surface area (Å²) >= 11 is 0. The van der Waals surface area contributed by atoms with Crippen LogP contribution in [0.3, 0.4) is 0 Å². The molecule has 0 bridgehead atoms. The molecule has 0 amide bonds. The Morgan fingerprint density at radius 1 is 0.379 bits per heavy atom. The second-order valence-corrected chi connectivity index (χ2v) is 15.6. The molecule has 0 aromatic heterocycles. The molecule has 58 heavy (non-hydrogen) atoms. The Bertz CT molecular complexity index is 2870. The van der Waals surface area contributed by atoms with E-state index in [1.54, 1.807) is 4.90 Å². The van der Waals surface area contributed by atoms with Gasteiger partial charge >= 0.3 is 0 Å². The van der Waals surface area contributed by atoms with E-state index in [1.165, 1.54) is 11.1 Å². The van der Waals surface area contributed by atoms with Gasteiger partial charge in [0.1, 0.15) is 5.69 Å². The smallest absolute Gasteiger partial charge is 0.208 e. The van der Waals surface area contributed by atoms with Gasteiger partial charge in [-0.05, 0) is 79.4 Å². The largest absolute Gasteiger partial charge is 0.503 e. The van der Waals surface area contributed by atoms with Gasteiger partial charge in [0.2, 0.25) is 17.2 Å². The minimum atomic E-state index is -1.02. The van der Waals surface area contributed by atoms with Crippen molar-refractivity contribution in [2.75, 3.05) is 4.90 Å². The van der Waals surface area contributed by atoms with Crippen molar-refractivity contribution in [1.29, 1.82) is 0 Å². The fourth-order valence-corrected chi connectivity index (χ4v) is 9.81. The maximum Gasteiger partial charge on any atom is 0.208 e. The standard InChI is InChI=1S/C52H39NO5/c1-51(2)40-25-12-9-21-35(40)38-23-15-24-39(44(38)51)37-22-11-14-27-43(37)53(45-46(54)48(56)50(58)49(57)47(45)55)33-28-29-36-34-20-10-13-26-41(34)52(42(36)30-33,31-16-5-3-6-17-31)32-18-7-4-8-19-32/h3-30,54-58H,1-2H3. The van der Waals surface area contributed by atoms with Crippen LogP contribution in [-0.4, -0.2) is 25.5 Å². The van der Waals surface area contributed by atoms with Crippen LogP contribution in [0, 0.1) is 0 Å². The van der Waals surface area contributed by atoms with Gasteiger partial charge in [-0.3, -0.25) is 0 Å². The molecule has 0 fully saturated rings. The number of anilines is 3. The molecule has 0 radical (unpaired) electrons. The van der Waals surface area contributed by atoms with E-state index in [0.29, 0.717) is 11.4 Å². The van der Waals surface area contributed by atoms with Crippen LogP contribution in [0.5, 0.6) is 28.7 Å². The number of rotatable bonds is 6. The number of para-hydroxylation sites is 1. The van der Waals surface area contributed by atoms with Crippen molar-refractivity contribution < 1.29 is 25.5 Å². The molecule has 0 aliphatic heterocycles. The van der Waals surface area contributed by atoms with E-state index in [-0.39, 0.29) is 11.1 Å². The summed E-state index contributed by atoms with van der Waals surface area (Å²) < 4.78 is 0. The van der Waals surface area contributed by atoms with Crippen LogP contribution in [0.2, 0.25) is 0 Å². The molecular weight excluding hydrogens is 719 g/mol. The molecule has 2 aliphatic carbocycles. The zero-order valence-corrected chi connectivity index (χ0v) is 31.8. The van der Waals surface area contributed by atoms with Gasteiger partial charge in [-0.15, -0.1) is 0 Å². The van der Waals surface area contributed by atoms with Gasteiger partial charge in [0.05, 0.1) is 11.1 Å². The number of phenolic OH excluding ortho intramolecular Hbond substituents is 5. The zero-order chi connectivity index (χ0) is 39.9. The Kier molecular flexibility index (Phi) is 7.72. The van der Waals surface area contributed by atoms with E-state index in [0.717, 1.165) is 55.6 Å². The molecule has 0 atom stereocenters. The molecular formula is C52H39NO5. The lowest BCUT2D eigenvalue weighted by atomic mass is 9.67. The van der Waals surface area contributed by atoms with Gasteiger partial charge in [0.15, 0.2) is 11.5 Å². The van der Waals surface area contributed by atoms with Crippen LogP contribution in [0.4, 0.5) is 17.1 Å². The molecule has 2 aliphatic rings. The van der Waals surface area contributed by atoms with E-state index in [2.05, 4.69) is 105 Å². The maximum absolute atomic E-state index is 11.8. The number of fused-ring (bicyclic) bond motifs is 6. The second-order valence-electron chi connectivity index (χ2n) is 15.6. The van der Waals surface area contributed by atoms with Crippen molar-refractivity contribution in [2.45, 2.75) is 24.7 Å². The Labute approximate surface area is 336 Å². The predicted octanol–water partition coefficient (Wildman–Crippen LogP) is 12.0. The Morgan fingerprint density at radius 3 is 1.45 bits per heavy atom. The quantitative estimate of drug-likeness (QED) is 0.0855. The fraction of sp³-hybridized carbons (Fsp3) is 0.0769. The summed E-state index contributed by atoms with van der Waals surface area (Å²) in [6.45, 7) is 4.44. The van der Waals surface area contributed by atoms with Gasteiger partial charge in [-0.1, -0.05) is 166 Å². The number of hydrogen-bond donors (Lipinski definition) is 5. The highest BCUT2D eigenvalue weighted by molar-refractivity contribution is 5.99. The van der Waals surface area contributed by atoms with Crippen LogP contribution in [0.1, 0.15) is 47.2 Å². The molecule has 8 aromatic carbocycles. The second kappa shape index (κ2) is 12.8. The van der Waals surface area contributed by atoms with Crippen LogP contribution in [-0.2, 0) is 10.8 Å². The molecule has 0 unspecified atom stereocenters. The van der Waals surface area contributed by atoms with Crippen LogP contribution < -0.4 is 4.90 Å². The van der Waals surface area contributed by atoms with E-state index < -0.39 is 34.2 Å². The Morgan fingerprint density at radius 2 is 0.828 bits per heavy atom. The van der Waals surface area contributed by atoms with Crippen molar-refractivity contribution in [1.82, 2.24) is 0 Å². The SMILES string of the molecule is CC1(C)c2ccccc2-c2cccc(-c3ccccc3N(c3ccc4c(c3)C(c3ccccc3)(c3ccccc3)c3ccccc3-4)c3c(O)c(O)c(O)c(O)c3O)c21. The average Bonchev–Trinajstić information content (AvgIpc) is 3.70. The first-order chi connectivity index (χ1) is 28.2. The third-order valence-corrected chi connectivity index (χ3v) is 12.3. The van der Waals surface area contributed by atoms with Gasteiger partial charge in [-0.25, -0.2) is 0 Å². The lowest BCUT2D eigenvalue weighted by Gasteiger charge is -2.35. The number of aromatic hydroxyl groups is 5. The minimum absolute atomic E-state index is 0.296. The van der Waals surface area contributed by atoms with Crippen molar-refractivity contribution in [3.05, 3.63) is 203 Å². The van der Waals surface area contributed by atoms with Crippen molar-refractivity contribution >= 4 is 17.1 Å². The molecule has 6 nitrogen and oxygen atoms in total. The molecule has 0 heterocycles. The summed E-state index contributed by atoms with van der Waals surface area (Å²) in [5.74, 6) is -4.53.